The number of nitrogens with one attached hydrogen (secondary N) is 1. The maximum absolute atomic E-state index is 11.2. The Morgan fingerprint density at radius 2 is 2.00 bits per heavy atom. The molecule has 0 radical (unpaired) electrons. The molecule has 0 aliphatic carbocycles. The van der Waals surface area contributed by atoms with E-state index in [0.29, 0.717) is 17.2 Å². The molecule has 2 N–H and O–H groups in total. The van der Waals surface area contributed by atoms with Gasteiger partial charge < -0.3 is 15.2 Å². The molecule has 0 saturated heterocycles. The van der Waals surface area contributed by atoms with Crippen LogP contribution in [-0.2, 0) is 11.2 Å². The first-order valence-corrected chi connectivity index (χ1v) is 6.94. The van der Waals surface area contributed by atoms with Gasteiger partial charge in [0, 0.05) is 13.3 Å². The van der Waals surface area contributed by atoms with Crippen LogP contribution in [0.3, 0.4) is 0 Å². The summed E-state index contributed by atoms with van der Waals surface area (Å²) < 4.78 is 5.07. The van der Waals surface area contributed by atoms with Crippen LogP contribution in [0.25, 0.3) is 0 Å². The van der Waals surface area contributed by atoms with Crippen LogP contribution >= 0.6 is 11.3 Å². The fraction of sp³-hybridized carbons (Fsp3) is 0.214. The fourth-order valence-electron chi connectivity index (χ4n) is 1.78. The van der Waals surface area contributed by atoms with Gasteiger partial charge in [-0.2, -0.15) is 0 Å². The predicted octanol–water partition coefficient (Wildman–Crippen LogP) is 2.40. The molecule has 0 fully saturated rings. The second-order valence-electron chi connectivity index (χ2n) is 4.31. The van der Waals surface area contributed by atoms with E-state index in [1.807, 2.05) is 12.1 Å². The van der Waals surface area contributed by atoms with Gasteiger partial charge in [0.1, 0.15) is 10.6 Å². The Bertz CT molecular complexity index is 664. The second-order valence-corrected chi connectivity index (χ2v) is 5.31. The number of methoxy groups -OCH3 is 1. The van der Waals surface area contributed by atoms with E-state index in [4.69, 9.17) is 4.74 Å². The third kappa shape index (κ3) is 3.79. The molecule has 1 heterocycles. The van der Waals surface area contributed by atoms with E-state index in [9.17, 15) is 14.7 Å². The van der Waals surface area contributed by atoms with Gasteiger partial charge >= 0.3 is 5.97 Å². The first-order chi connectivity index (χ1) is 9.99. The van der Waals surface area contributed by atoms with Gasteiger partial charge in [0.15, 0.2) is 5.13 Å². The molecule has 0 bridgehead atoms. The molecular weight excluding hydrogens is 292 g/mol. The molecule has 0 unspecified atom stereocenters. The van der Waals surface area contributed by atoms with Crippen molar-refractivity contribution < 1.29 is 19.4 Å². The number of hydrogen-bond acceptors (Lipinski definition) is 5. The van der Waals surface area contributed by atoms with Crippen LogP contribution in [0.4, 0.5) is 5.13 Å². The molecule has 7 heteroatoms. The predicted molar refractivity (Wildman–Crippen MR) is 79.2 cm³/mol. The van der Waals surface area contributed by atoms with E-state index < -0.39 is 5.97 Å². The highest BCUT2D eigenvalue weighted by Crippen LogP contribution is 2.25. The van der Waals surface area contributed by atoms with Gasteiger partial charge in [-0.15, -0.1) is 0 Å². The van der Waals surface area contributed by atoms with E-state index >= 15 is 0 Å². The molecular formula is C14H14N2O4S. The molecule has 6 nitrogen and oxygen atoms in total. The van der Waals surface area contributed by atoms with Crippen LogP contribution in [0, 0.1) is 0 Å². The number of aromatic nitrogens is 1. The first-order valence-electron chi connectivity index (χ1n) is 6.13. The van der Waals surface area contributed by atoms with Crippen molar-refractivity contribution in [1.29, 1.82) is 0 Å². The topological polar surface area (TPSA) is 88.5 Å². The van der Waals surface area contributed by atoms with E-state index in [1.165, 1.54) is 6.92 Å². The Hall–Kier alpha value is -2.41. The van der Waals surface area contributed by atoms with E-state index in [-0.39, 0.29) is 10.8 Å². The minimum absolute atomic E-state index is 0.134. The van der Waals surface area contributed by atoms with Crippen molar-refractivity contribution in [3.8, 4) is 5.75 Å². The highest BCUT2D eigenvalue weighted by molar-refractivity contribution is 7.17. The summed E-state index contributed by atoms with van der Waals surface area (Å²) in [5.74, 6) is -0.598. The van der Waals surface area contributed by atoms with E-state index in [2.05, 4.69) is 10.3 Å². The van der Waals surface area contributed by atoms with Crippen LogP contribution in [0.2, 0.25) is 0 Å². The third-order valence-electron chi connectivity index (χ3n) is 2.71. The number of ether oxygens (including phenoxy) is 1. The molecule has 0 aliphatic rings. The maximum Gasteiger partial charge on any atom is 0.347 e. The van der Waals surface area contributed by atoms with Crippen molar-refractivity contribution in [2.75, 3.05) is 12.4 Å². The second kappa shape index (κ2) is 6.36. The number of carbonyl (C=O) groups excluding carboxylic acids is 1. The van der Waals surface area contributed by atoms with Crippen molar-refractivity contribution in [2.24, 2.45) is 0 Å². The lowest BCUT2D eigenvalue weighted by molar-refractivity contribution is -0.114. The molecule has 2 aromatic rings. The minimum atomic E-state index is -1.05. The van der Waals surface area contributed by atoms with Gasteiger partial charge in [-0.1, -0.05) is 23.5 Å². The largest absolute Gasteiger partial charge is 0.497 e. The highest BCUT2D eigenvalue weighted by Gasteiger charge is 2.18. The van der Waals surface area contributed by atoms with Crippen LogP contribution < -0.4 is 10.1 Å². The summed E-state index contributed by atoms with van der Waals surface area (Å²) in [5.41, 5.74) is 1.35. The van der Waals surface area contributed by atoms with Gasteiger partial charge in [-0.05, 0) is 17.7 Å². The Morgan fingerprint density at radius 1 is 1.33 bits per heavy atom. The van der Waals surface area contributed by atoms with E-state index in [1.54, 1.807) is 19.2 Å². The molecule has 110 valence electrons. The van der Waals surface area contributed by atoms with Gasteiger partial charge in [0.2, 0.25) is 5.91 Å². The zero-order valence-electron chi connectivity index (χ0n) is 11.5. The molecule has 1 aromatic heterocycles. The quantitative estimate of drug-likeness (QED) is 0.885. The van der Waals surface area contributed by atoms with Gasteiger partial charge in [0.05, 0.1) is 12.8 Å². The molecule has 0 spiro atoms. The molecule has 0 aliphatic heterocycles. The van der Waals surface area contributed by atoms with Crippen molar-refractivity contribution >= 4 is 28.3 Å². The number of carbonyl (C=O) groups is 2. The first kappa shape index (κ1) is 15.0. The van der Waals surface area contributed by atoms with Crippen LogP contribution in [0.15, 0.2) is 24.3 Å². The summed E-state index contributed by atoms with van der Waals surface area (Å²) in [7, 11) is 1.58. The number of hydrogen-bond donors (Lipinski definition) is 2. The number of carboxylic acids is 1. The van der Waals surface area contributed by atoms with Crippen molar-refractivity contribution in [3.63, 3.8) is 0 Å². The molecule has 0 atom stereocenters. The Balaban J connectivity index is 2.26. The smallest absolute Gasteiger partial charge is 0.347 e. The molecule has 1 aromatic carbocycles. The van der Waals surface area contributed by atoms with Crippen LogP contribution in [0.1, 0.15) is 27.9 Å². The summed E-state index contributed by atoms with van der Waals surface area (Å²) in [6.45, 7) is 1.35. The third-order valence-corrected chi connectivity index (χ3v) is 3.71. The van der Waals surface area contributed by atoms with Crippen LogP contribution in [0.5, 0.6) is 5.75 Å². The van der Waals surface area contributed by atoms with Gasteiger partial charge in [-0.3, -0.25) is 4.79 Å². The molecule has 21 heavy (non-hydrogen) atoms. The number of benzene rings is 1. The molecule has 1 amide bonds. The lowest BCUT2D eigenvalue weighted by atomic mass is 10.1. The number of anilines is 1. The minimum Gasteiger partial charge on any atom is -0.497 e. The summed E-state index contributed by atoms with van der Waals surface area (Å²) in [4.78, 5) is 26.6. The van der Waals surface area contributed by atoms with E-state index in [0.717, 1.165) is 22.6 Å². The summed E-state index contributed by atoms with van der Waals surface area (Å²) >= 11 is 0.956. The lowest BCUT2D eigenvalue weighted by Gasteiger charge is -2.02. The Kier molecular flexibility index (Phi) is 4.54. The highest BCUT2D eigenvalue weighted by atomic mass is 32.1. The summed E-state index contributed by atoms with van der Waals surface area (Å²) in [6, 6.07) is 7.30. The number of carboxylic acid groups (broad SMARTS) is 1. The Labute approximate surface area is 125 Å². The zero-order valence-corrected chi connectivity index (χ0v) is 12.4. The summed E-state index contributed by atoms with van der Waals surface area (Å²) in [5, 5.41) is 12.0. The number of aromatic carboxylic acids is 1. The number of rotatable bonds is 5. The van der Waals surface area contributed by atoms with Crippen molar-refractivity contribution in [2.45, 2.75) is 13.3 Å². The standard InChI is InChI=1S/C14H14N2O4S/c1-8(17)15-14-16-11(12(21-14)13(18)19)7-9-3-5-10(20-2)6-4-9/h3-6H,7H2,1-2H3,(H,18,19)(H,15,16,17). The molecule has 0 saturated carbocycles. The monoisotopic (exact) mass is 306 g/mol. The van der Waals surface area contributed by atoms with Crippen molar-refractivity contribution in [3.05, 3.63) is 40.4 Å². The van der Waals surface area contributed by atoms with Gasteiger partial charge in [-0.25, -0.2) is 9.78 Å². The van der Waals surface area contributed by atoms with Gasteiger partial charge in [0.25, 0.3) is 0 Å². The van der Waals surface area contributed by atoms with Crippen LogP contribution in [-0.4, -0.2) is 29.1 Å². The zero-order chi connectivity index (χ0) is 15.4. The Morgan fingerprint density at radius 3 is 2.52 bits per heavy atom. The average Bonchev–Trinajstić information content (AvgIpc) is 2.81. The maximum atomic E-state index is 11.2. The molecule has 2 rings (SSSR count). The van der Waals surface area contributed by atoms with Crippen molar-refractivity contribution in [1.82, 2.24) is 4.98 Å². The number of nitrogens with zero attached hydrogens (tertiary/aromatic N) is 1. The number of amides is 1. The normalized spacial score (nSPS) is 10.2. The fourth-order valence-corrected chi connectivity index (χ4v) is 2.65. The summed E-state index contributed by atoms with van der Waals surface area (Å²) in [6.07, 6.45) is 0.377. The lowest BCUT2D eigenvalue weighted by Crippen LogP contribution is -2.05. The average molecular weight is 306 g/mol. The number of thiazole rings is 1. The SMILES string of the molecule is COc1ccc(Cc2nc(NC(C)=O)sc2C(=O)O)cc1.